The molecule has 2 N–H and O–H groups in total. The summed E-state index contributed by atoms with van der Waals surface area (Å²) in [5.41, 5.74) is 1.55. The van der Waals surface area contributed by atoms with Gasteiger partial charge in [-0.1, -0.05) is 6.92 Å². The van der Waals surface area contributed by atoms with Crippen molar-refractivity contribution in [2.75, 3.05) is 19.0 Å². The van der Waals surface area contributed by atoms with E-state index < -0.39 is 0 Å². The van der Waals surface area contributed by atoms with Crippen molar-refractivity contribution in [3.63, 3.8) is 0 Å². The molecule has 0 radical (unpaired) electrons. The average Bonchev–Trinajstić information content (AvgIpc) is 2.22. The number of carbonyl (C=O) groups excluding carboxylic acids is 1. The largest absolute Gasteiger partial charge is 0.508 e. The van der Waals surface area contributed by atoms with Crippen LogP contribution in [0.2, 0.25) is 0 Å². The van der Waals surface area contributed by atoms with Crippen LogP contribution in [0.1, 0.15) is 12.5 Å². The smallest absolute Gasteiger partial charge is 0.229 e. The van der Waals surface area contributed by atoms with E-state index in [2.05, 4.69) is 5.32 Å². The van der Waals surface area contributed by atoms with Crippen molar-refractivity contribution < 1.29 is 14.6 Å². The second-order valence-corrected chi connectivity index (χ2v) is 3.84. The van der Waals surface area contributed by atoms with Gasteiger partial charge in [-0.3, -0.25) is 4.79 Å². The van der Waals surface area contributed by atoms with Gasteiger partial charge in [0.2, 0.25) is 5.91 Å². The van der Waals surface area contributed by atoms with E-state index >= 15 is 0 Å². The van der Waals surface area contributed by atoms with Crippen LogP contribution in [0.5, 0.6) is 5.75 Å². The molecule has 0 heterocycles. The van der Waals surface area contributed by atoms with Gasteiger partial charge in [0.25, 0.3) is 0 Å². The van der Waals surface area contributed by atoms with Crippen molar-refractivity contribution in [3.05, 3.63) is 23.8 Å². The van der Waals surface area contributed by atoms with E-state index in [4.69, 9.17) is 4.74 Å². The normalized spacial score (nSPS) is 12.2. The fraction of sp³-hybridized carbons (Fsp3) is 0.417. The van der Waals surface area contributed by atoms with Gasteiger partial charge in [-0.2, -0.15) is 0 Å². The first kappa shape index (κ1) is 12.5. The summed E-state index contributed by atoms with van der Waals surface area (Å²) in [4.78, 5) is 11.7. The molecule has 1 aromatic carbocycles. The highest BCUT2D eigenvalue weighted by Crippen LogP contribution is 2.20. The summed E-state index contributed by atoms with van der Waals surface area (Å²) in [5, 5.41) is 12.0. The minimum atomic E-state index is -0.196. The van der Waals surface area contributed by atoms with Gasteiger partial charge < -0.3 is 15.2 Å². The fourth-order valence-corrected chi connectivity index (χ4v) is 1.37. The molecule has 0 aliphatic heterocycles. The van der Waals surface area contributed by atoms with Gasteiger partial charge in [0, 0.05) is 12.8 Å². The highest BCUT2D eigenvalue weighted by molar-refractivity contribution is 5.93. The summed E-state index contributed by atoms with van der Waals surface area (Å²) >= 11 is 0. The van der Waals surface area contributed by atoms with Crippen molar-refractivity contribution in [3.8, 4) is 5.75 Å². The molecule has 16 heavy (non-hydrogen) atoms. The lowest BCUT2D eigenvalue weighted by Gasteiger charge is -2.13. The number of benzene rings is 1. The zero-order chi connectivity index (χ0) is 12.1. The number of phenols is 1. The molecule has 0 saturated carbocycles. The minimum Gasteiger partial charge on any atom is -0.508 e. The molecule has 88 valence electrons. The molecule has 0 saturated heterocycles. The lowest BCUT2D eigenvalue weighted by atomic mass is 10.1. The number of hydrogen-bond acceptors (Lipinski definition) is 3. The first-order valence-corrected chi connectivity index (χ1v) is 5.14. The number of carbonyl (C=O) groups is 1. The molecule has 0 aliphatic carbocycles. The number of hydrogen-bond donors (Lipinski definition) is 2. The minimum absolute atomic E-state index is 0.0874. The molecule has 1 aromatic rings. The van der Waals surface area contributed by atoms with E-state index in [-0.39, 0.29) is 17.6 Å². The zero-order valence-corrected chi connectivity index (χ0v) is 9.78. The van der Waals surface area contributed by atoms with Crippen LogP contribution in [0.25, 0.3) is 0 Å². The summed E-state index contributed by atoms with van der Waals surface area (Å²) in [6, 6.07) is 4.84. The first-order valence-electron chi connectivity index (χ1n) is 5.14. The predicted octanol–water partition coefficient (Wildman–Crippen LogP) is 1.92. The fourth-order valence-electron chi connectivity index (χ4n) is 1.37. The van der Waals surface area contributed by atoms with E-state index in [1.54, 1.807) is 32.2 Å². The van der Waals surface area contributed by atoms with Crippen LogP contribution in [0.4, 0.5) is 5.69 Å². The molecule has 0 spiro atoms. The second-order valence-electron chi connectivity index (χ2n) is 3.84. The van der Waals surface area contributed by atoms with Crippen LogP contribution in [0, 0.1) is 12.8 Å². The summed E-state index contributed by atoms with van der Waals surface area (Å²) in [6.07, 6.45) is 0. The van der Waals surface area contributed by atoms with Gasteiger partial charge in [-0.15, -0.1) is 0 Å². The van der Waals surface area contributed by atoms with Crippen molar-refractivity contribution in [2.24, 2.45) is 5.92 Å². The Bertz CT molecular complexity index is 377. The van der Waals surface area contributed by atoms with Crippen molar-refractivity contribution in [1.29, 1.82) is 0 Å². The molecule has 4 heteroatoms. The number of aryl methyl sites for hydroxylation is 1. The molecular weight excluding hydrogens is 206 g/mol. The summed E-state index contributed by atoms with van der Waals surface area (Å²) in [6.45, 7) is 4.02. The van der Waals surface area contributed by atoms with Gasteiger partial charge >= 0.3 is 0 Å². The van der Waals surface area contributed by atoms with E-state index in [0.29, 0.717) is 12.3 Å². The second kappa shape index (κ2) is 5.51. The van der Waals surface area contributed by atoms with Crippen LogP contribution in [-0.4, -0.2) is 24.7 Å². The highest BCUT2D eigenvalue weighted by atomic mass is 16.5. The average molecular weight is 223 g/mol. The Morgan fingerprint density at radius 3 is 2.81 bits per heavy atom. The van der Waals surface area contributed by atoms with Crippen LogP contribution in [0.3, 0.4) is 0 Å². The third-order valence-electron chi connectivity index (χ3n) is 2.33. The van der Waals surface area contributed by atoms with Gasteiger partial charge in [0.05, 0.1) is 12.5 Å². The van der Waals surface area contributed by atoms with Gasteiger partial charge in [0.15, 0.2) is 0 Å². The van der Waals surface area contributed by atoms with Gasteiger partial charge in [0.1, 0.15) is 5.75 Å². The quantitative estimate of drug-likeness (QED) is 0.767. The Hall–Kier alpha value is -1.55. The van der Waals surface area contributed by atoms with E-state index in [1.165, 1.54) is 0 Å². The van der Waals surface area contributed by atoms with Crippen LogP contribution in [-0.2, 0) is 9.53 Å². The monoisotopic (exact) mass is 223 g/mol. The van der Waals surface area contributed by atoms with E-state index in [0.717, 1.165) is 5.56 Å². The Morgan fingerprint density at radius 1 is 1.56 bits per heavy atom. The first-order chi connectivity index (χ1) is 7.54. The summed E-state index contributed by atoms with van der Waals surface area (Å²) < 4.78 is 4.91. The molecule has 1 atom stereocenters. The number of rotatable bonds is 4. The SMILES string of the molecule is COC[C@H](C)C(=O)Nc1ccc(O)cc1C. The molecule has 0 aromatic heterocycles. The molecule has 0 fully saturated rings. The molecule has 1 amide bonds. The van der Waals surface area contributed by atoms with Crippen LogP contribution < -0.4 is 5.32 Å². The molecular formula is C12H17NO3. The number of aromatic hydroxyl groups is 1. The van der Waals surface area contributed by atoms with E-state index in [1.807, 2.05) is 6.92 Å². The number of nitrogens with one attached hydrogen (secondary N) is 1. The van der Waals surface area contributed by atoms with Crippen molar-refractivity contribution in [2.45, 2.75) is 13.8 Å². The molecule has 0 bridgehead atoms. The maximum absolute atomic E-state index is 11.7. The van der Waals surface area contributed by atoms with Crippen LogP contribution >= 0.6 is 0 Å². The van der Waals surface area contributed by atoms with Crippen molar-refractivity contribution in [1.82, 2.24) is 0 Å². The van der Waals surface area contributed by atoms with Crippen LogP contribution in [0.15, 0.2) is 18.2 Å². The lowest BCUT2D eigenvalue weighted by molar-refractivity contribution is -0.120. The standard InChI is InChI=1S/C12H17NO3/c1-8-6-10(14)4-5-11(8)13-12(15)9(2)7-16-3/h4-6,9,14H,7H2,1-3H3,(H,13,15)/t9-/m0/s1. The number of ether oxygens (including phenoxy) is 1. The highest BCUT2D eigenvalue weighted by Gasteiger charge is 2.13. The van der Waals surface area contributed by atoms with Gasteiger partial charge in [-0.05, 0) is 30.7 Å². The number of anilines is 1. The third-order valence-corrected chi connectivity index (χ3v) is 2.33. The lowest BCUT2D eigenvalue weighted by Crippen LogP contribution is -2.24. The predicted molar refractivity (Wildman–Crippen MR) is 62.5 cm³/mol. The molecule has 1 rings (SSSR count). The Labute approximate surface area is 95.2 Å². The number of phenolic OH excluding ortho intramolecular Hbond substituents is 1. The third kappa shape index (κ3) is 3.24. The molecule has 4 nitrogen and oxygen atoms in total. The Kier molecular flexibility index (Phi) is 4.31. The van der Waals surface area contributed by atoms with E-state index in [9.17, 15) is 9.90 Å². The summed E-state index contributed by atoms with van der Waals surface area (Å²) in [5.74, 6) is -0.0886. The zero-order valence-electron chi connectivity index (χ0n) is 9.78. The molecule has 0 unspecified atom stereocenters. The topological polar surface area (TPSA) is 58.6 Å². The Balaban J connectivity index is 2.69. The van der Waals surface area contributed by atoms with Gasteiger partial charge in [-0.25, -0.2) is 0 Å². The maximum Gasteiger partial charge on any atom is 0.229 e. The number of amides is 1. The van der Waals surface area contributed by atoms with Crippen molar-refractivity contribution >= 4 is 11.6 Å². The number of methoxy groups -OCH3 is 1. The summed E-state index contributed by atoms with van der Waals surface area (Å²) in [7, 11) is 1.57. The molecule has 0 aliphatic rings. The Morgan fingerprint density at radius 2 is 2.25 bits per heavy atom. The maximum atomic E-state index is 11.7.